The molecule has 1 aromatic heterocycles. The van der Waals surface area contributed by atoms with E-state index in [0.29, 0.717) is 11.6 Å². The number of anilines is 1. The van der Waals surface area contributed by atoms with Crippen LogP contribution in [0.5, 0.6) is 0 Å². The van der Waals surface area contributed by atoms with Crippen LogP contribution in [0.4, 0.5) is 5.82 Å². The molecule has 3 N–H and O–H groups in total. The Hall–Kier alpha value is -1.82. The first-order valence-corrected chi connectivity index (χ1v) is 6.59. The molecule has 1 unspecified atom stereocenters. The van der Waals surface area contributed by atoms with Gasteiger partial charge in [-0.05, 0) is 25.6 Å². The van der Waals surface area contributed by atoms with Crippen LogP contribution in [0.2, 0.25) is 0 Å². The van der Waals surface area contributed by atoms with Gasteiger partial charge in [0.2, 0.25) is 0 Å². The number of nitrogens with zero attached hydrogens (tertiary/aromatic N) is 4. The number of nitrogens with two attached hydrogens (primary N) is 1. The van der Waals surface area contributed by atoms with Gasteiger partial charge in [-0.3, -0.25) is 4.90 Å². The smallest absolute Gasteiger partial charge is 0.173 e. The van der Waals surface area contributed by atoms with Gasteiger partial charge in [0.25, 0.3) is 0 Å². The lowest BCUT2D eigenvalue weighted by Crippen LogP contribution is -2.52. The minimum absolute atomic E-state index is 0.105. The van der Waals surface area contributed by atoms with Gasteiger partial charge in [0.05, 0.1) is 5.56 Å². The molecule has 1 saturated heterocycles. The maximum atomic E-state index is 8.85. The summed E-state index contributed by atoms with van der Waals surface area (Å²) in [4.78, 5) is 9.02. The van der Waals surface area contributed by atoms with Crippen molar-refractivity contribution in [3.05, 3.63) is 23.9 Å². The monoisotopic (exact) mass is 263 g/mol. The Kier molecular flexibility index (Phi) is 4.21. The Balaban J connectivity index is 2.24. The molecule has 2 rings (SSSR count). The van der Waals surface area contributed by atoms with Gasteiger partial charge in [0, 0.05) is 31.9 Å². The second-order valence-electron chi connectivity index (χ2n) is 4.78. The van der Waals surface area contributed by atoms with Crippen LogP contribution in [-0.2, 0) is 0 Å². The molecule has 1 aliphatic heterocycles. The summed E-state index contributed by atoms with van der Waals surface area (Å²) in [7, 11) is 0. The van der Waals surface area contributed by atoms with E-state index in [0.717, 1.165) is 32.0 Å². The highest BCUT2D eigenvalue weighted by molar-refractivity contribution is 6.01. The second-order valence-corrected chi connectivity index (χ2v) is 4.78. The van der Waals surface area contributed by atoms with Gasteiger partial charge in [-0.15, -0.1) is 0 Å². The molecule has 1 atom stereocenters. The standard InChI is InChI=1S/C13H21N5O/c1-3-17-7-8-18(9-10(17)2)13-11(12(14)16-19)5-4-6-15-13/h4-6,10,19H,3,7-9H2,1-2H3,(H2,14,16). The molecule has 19 heavy (non-hydrogen) atoms. The van der Waals surface area contributed by atoms with E-state index in [-0.39, 0.29) is 5.84 Å². The minimum atomic E-state index is 0.105. The van der Waals surface area contributed by atoms with Crippen LogP contribution in [0, 0.1) is 0 Å². The van der Waals surface area contributed by atoms with Crippen LogP contribution in [0.25, 0.3) is 0 Å². The fourth-order valence-corrected chi connectivity index (χ4v) is 2.56. The summed E-state index contributed by atoms with van der Waals surface area (Å²) in [5.41, 5.74) is 6.40. The maximum absolute atomic E-state index is 8.85. The third-order valence-electron chi connectivity index (χ3n) is 3.64. The average molecular weight is 263 g/mol. The Morgan fingerprint density at radius 1 is 1.58 bits per heavy atom. The van der Waals surface area contributed by atoms with E-state index in [9.17, 15) is 0 Å². The van der Waals surface area contributed by atoms with Crippen LogP contribution < -0.4 is 10.6 Å². The summed E-state index contributed by atoms with van der Waals surface area (Å²) in [5, 5.41) is 11.9. The van der Waals surface area contributed by atoms with Crippen LogP contribution in [0.3, 0.4) is 0 Å². The molecule has 6 nitrogen and oxygen atoms in total. The number of amidine groups is 1. The number of pyridine rings is 1. The fourth-order valence-electron chi connectivity index (χ4n) is 2.56. The zero-order valence-electron chi connectivity index (χ0n) is 11.5. The third-order valence-corrected chi connectivity index (χ3v) is 3.64. The molecule has 0 aliphatic carbocycles. The summed E-state index contributed by atoms with van der Waals surface area (Å²) in [6.07, 6.45) is 1.74. The molecule has 0 aromatic carbocycles. The molecule has 6 heteroatoms. The van der Waals surface area contributed by atoms with E-state index in [1.807, 2.05) is 6.07 Å². The quantitative estimate of drug-likeness (QED) is 0.363. The van der Waals surface area contributed by atoms with Crippen molar-refractivity contribution < 1.29 is 5.21 Å². The Morgan fingerprint density at radius 2 is 2.37 bits per heavy atom. The number of oxime groups is 1. The van der Waals surface area contributed by atoms with E-state index in [1.165, 1.54) is 0 Å². The molecule has 0 radical (unpaired) electrons. The largest absolute Gasteiger partial charge is 0.409 e. The summed E-state index contributed by atoms with van der Waals surface area (Å²) in [6, 6.07) is 4.09. The minimum Gasteiger partial charge on any atom is -0.409 e. The Bertz CT molecular complexity index is 462. The van der Waals surface area contributed by atoms with E-state index < -0.39 is 0 Å². The summed E-state index contributed by atoms with van der Waals surface area (Å²) in [6.45, 7) is 8.25. The highest BCUT2D eigenvalue weighted by Crippen LogP contribution is 2.20. The topological polar surface area (TPSA) is 78.0 Å². The lowest BCUT2D eigenvalue weighted by atomic mass is 10.1. The van der Waals surface area contributed by atoms with Crippen LogP contribution in [-0.4, -0.2) is 53.1 Å². The molecular weight excluding hydrogens is 242 g/mol. The van der Waals surface area contributed by atoms with Crippen molar-refractivity contribution in [3.63, 3.8) is 0 Å². The lowest BCUT2D eigenvalue weighted by Gasteiger charge is -2.40. The number of likely N-dealkylation sites (N-methyl/N-ethyl adjacent to an activating group) is 1. The molecule has 0 bridgehead atoms. The van der Waals surface area contributed by atoms with E-state index >= 15 is 0 Å². The van der Waals surface area contributed by atoms with Crippen molar-refractivity contribution in [2.75, 3.05) is 31.1 Å². The molecule has 1 fully saturated rings. The predicted molar refractivity (Wildman–Crippen MR) is 75.7 cm³/mol. The number of piperazine rings is 1. The van der Waals surface area contributed by atoms with Gasteiger partial charge in [-0.1, -0.05) is 12.1 Å². The first kappa shape index (κ1) is 13.6. The molecule has 104 valence electrons. The van der Waals surface area contributed by atoms with E-state index in [4.69, 9.17) is 10.9 Å². The molecule has 1 aromatic rings. The molecule has 2 heterocycles. The first-order chi connectivity index (χ1) is 9.17. The molecule has 0 saturated carbocycles. The number of hydrogen-bond acceptors (Lipinski definition) is 5. The molecule has 0 amide bonds. The lowest BCUT2D eigenvalue weighted by molar-refractivity contribution is 0.199. The molecular formula is C13H21N5O. The van der Waals surface area contributed by atoms with Gasteiger partial charge in [0.15, 0.2) is 5.84 Å². The van der Waals surface area contributed by atoms with Gasteiger partial charge < -0.3 is 15.8 Å². The van der Waals surface area contributed by atoms with Crippen molar-refractivity contribution in [2.45, 2.75) is 19.9 Å². The SMILES string of the molecule is CCN1CCN(c2ncccc2C(N)=NO)CC1C. The van der Waals surface area contributed by atoms with Gasteiger partial charge in [-0.2, -0.15) is 0 Å². The summed E-state index contributed by atoms with van der Waals surface area (Å²) >= 11 is 0. The second kappa shape index (κ2) is 5.88. The Morgan fingerprint density at radius 3 is 3.00 bits per heavy atom. The van der Waals surface area contributed by atoms with Crippen LogP contribution >= 0.6 is 0 Å². The number of aromatic nitrogens is 1. The third kappa shape index (κ3) is 2.78. The molecule has 0 spiro atoms. The number of hydrogen-bond donors (Lipinski definition) is 2. The maximum Gasteiger partial charge on any atom is 0.173 e. The van der Waals surface area contributed by atoms with Gasteiger partial charge in [-0.25, -0.2) is 4.98 Å². The van der Waals surface area contributed by atoms with Crippen molar-refractivity contribution in [2.24, 2.45) is 10.9 Å². The van der Waals surface area contributed by atoms with Gasteiger partial charge in [0.1, 0.15) is 5.82 Å². The predicted octanol–water partition coefficient (Wildman–Crippen LogP) is 0.707. The van der Waals surface area contributed by atoms with E-state index in [2.05, 4.69) is 33.8 Å². The highest BCUT2D eigenvalue weighted by atomic mass is 16.4. The average Bonchev–Trinajstić information content (AvgIpc) is 2.46. The summed E-state index contributed by atoms with van der Waals surface area (Å²) < 4.78 is 0. The van der Waals surface area contributed by atoms with Crippen LogP contribution in [0.15, 0.2) is 23.5 Å². The van der Waals surface area contributed by atoms with Crippen molar-refractivity contribution >= 4 is 11.7 Å². The van der Waals surface area contributed by atoms with Crippen molar-refractivity contribution in [1.82, 2.24) is 9.88 Å². The number of rotatable bonds is 3. The normalized spacial score (nSPS) is 21.7. The van der Waals surface area contributed by atoms with E-state index in [1.54, 1.807) is 12.3 Å². The molecule has 1 aliphatic rings. The first-order valence-electron chi connectivity index (χ1n) is 6.59. The zero-order valence-corrected chi connectivity index (χ0v) is 11.5. The van der Waals surface area contributed by atoms with Gasteiger partial charge >= 0.3 is 0 Å². The van der Waals surface area contributed by atoms with Crippen LogP contribution in [0.1, 0.15) is 19.4 Å². The van der Waals surface area contributed by atoms with Crippen molar-refractivity contribution in [3.8, 4) is 0 Å². The zero-order chi connectivity index (χ0) is 13.8. The Labute approximate surface area is 113 Å². The fraction of sp³-hybridized carbons (Fsp3) is 0.538. The van der Waals surface area contributed by atoms with Crippen molar-refractivity contribution in [1.29, 1.82) is 0 Å². The summed E-state index contributed by atoms with van der Waals surface area (Å²) in [5.74, 6) is 0.897. The highest BCUT2D eigenvalue weighted by Gasteiger charge is 2.25.